The number of nitrogens with one attached hydrogen (secondary N) is 1. The van der Waals surface area contributed by atoms with E-state index in [-0.39, 0.29) is 0 Å². The molecule has 4 nitrogen and oxygen atoms in total. The zero-order chi connectivity index (χ0) is 22.3. The SMILES string of the molecule is CCCCOP(=O)(c1ccc(N(C)C)cc1)C(Nc1ccccc1)c1ccc(C)cc1. The van der Waals surface area contributed by atoms with Gasteiger partial charge in [-0.1, -0.05) is 61.4 Å². The molecule has 3 aromatic carbocycles. The highest BCUT2D eigenvalue weighted by molar-refractivity contribution is 7.67. The number of benzene rings is 3. The van der Waals surface area contributed by atoms with E-state index in [4.69, 9.17) is 4.52 Å². The van der Waals surface area contributed by atoms with Gasteiger partial charge in [-0.15, -0.1) is 0 Å². The van der Waals surface area contributed by atoms with Gasteiger partial charge in [-0.25, -0.2) is 0 Å². The molecule has 0 aliphatic heterocycles. The fourth-order valence-electron chi connectivity index (χ4n) is 3.41. The molecule has 0 saturated heterocycles. The molecule has 3 aromatic rings. The average Bonchev–Trinajstić information content (AvgIpc) is 2.79. The molecular weight excluding hydrogens is 403 g/mol. The minimum absolute atomic E-state index is 0.460. The lowest BCUT2D eigenvalue weighted by molar-refractivity contribution is 0.308. The van der Waals surface area contributed by atoms with E-state index in [1.807, 2.05) is 85.7 Å². The molecule has 0 aliphatic carbocycles. The van der Waals surface area contributed by atoms with E-state index in [1.165, 1.54) is 5.56 Å². The van der Waals surface area contributed by atoms with Crippen molar-refractivity contribution in [1.82, 2.24) is 0 Å². The quantitative estimate of drug-likeness (QED) is 0.287. The van der Waals surface area contributed by atoms with E-state index in [0.717, 1.165) is 35.1 Å². The van der Waals surface area contributed by atoms with Crippen LogP contribution < -0.4 is 15.5 Å². The van der Waals surface area contributed by atoms with Crippen LogP contribution in [-0.4, -0.2) is 20.7 Å². The van der Waals surface area contributed by atoms with Gasteiger partial charge in [0.1, 0.15) is 5.78 Å². The summed E-state index contributed by atoms with van der Waals surface area (Å²) in [5.74, 6) is -0.488. The summed E-state index contributed by atoms with van der Waals surface area (Å²) in [7, 11) is 0.703. The number of anilines is 2. The monoisotopic (exact) mass is 436 g/mol. The van der Waals surface area contributed by atoms with Crippen molar-refractivity contribution in [1.29, 1.82) is 0 Å². The standard InChI is InChI=1S/C26H33N2O2P/c1-5-6-20-30-31(29,25-18-16-24(17-19-25)28(3)4)26(22-14-12-21(2)13-15-22)27-23-10-8-7-9-11-23/h7-19,26-27H,5-6,20H2,1-4H3. The number of rotatable bonds is 10. The minimum atomic E-state index is -3.29. The molecule has 0 bridgehead atoms. The largest absolute Gasteiger partial charge is 0.378 e. The molecule has 1 N–H and O–H groups in total. The van der Waals surface area contributed by atoms with Gasteiger partial charge >= 0.3 is 0 Å². The second-order valence-electron chi connectivity index (χ2n) is 8.02. The molecule has 0 aromatic heterocycles. The molecule has 0 aliphatic rings. The van der Waals surface area contributed by atoms with Crippen LogP contribution in [0, 0.1) is 6.92 Å². The third-order valence-electron chi connectivity index (χ3n) is 5.32. The lowest BCUT2D eigenvalue weighted by atomic mass is 10.1. The van der Waals surface area contributed by atoms with Gasteiger partial charge in [0.2, 0.25) is 0 Å². The second-order valence-corrected chi connectivity index (χ2v) is 10.5. The summed E-state index contributed by atoms with van der Waals surface area (Å²) in [6.45, 7) is 4.63. The molecule has 0 saturated carbocycles. The maximum atomic E-state index is 14.7. The highest BCUT2D eigenvalue weighted by Gasteiger charge is 2.37. The predicted octanol–water partition coefficient (Wildman–Crippen LogP) is 6.59. The van der Waals surface area contributed by atoms with E-state index in [2.05, 4.69) is 31.3 Å². The Morgan fingerprint density at radius 2 is 1.58 bits per heavy atom. The Balaban J connectivity index is 2.08. The highest BCUT2D eigenvalue weighted by Crippen LogP contribution is 2.59. The summed E-state index contributed by atoms with van der Waals surface area (Å²) in [5, 5.41) is 4.24. The minimum Gasteiger partial charge on any atom is -0.378 e. The van der Waals surface area contributed by atoms with Gasteiger partial charge < -0.3 is 14.7 Å². The first-order valence-corrected chi connectivity index (χ1v) is 12.5. The van der Waals surface area contributed by atoms with Crippen molar-refractivity contribution in [2.24, 2.45) is 0 Å². The number of aryl methyl sites for hydroxylation is 1. The van der Waals surface area contributed by atoms with Crippen LogP contribution in [0.25, 0.3) is 0 Å². The van der Waals surface area contributed by atoms with Crippen molar-refractivity contribution in [3.05, 3.63) is 90.0 Å². The van der Waals surface area contributed by atoms with E-state index in [9.17, 15) is 4.57 Å². The Kier molecular flexibility index (Phi) is 7.95. The molecule has 0 amide bonds. The van der Waals surface area contributed by atoms with Crippen molar-refractivity contribution >= 4 is 24.0 Å². The number of nitrogens with zero attached hydrogens (tertiary/aromatic N) is 1. The Morgan fingerprint density at radius 3 is 2.16 bits per heavy atom. The number of hydrogen-bond donors (Lipinski definition) is 1. The number of para-hydroxylation sites is 1. The van der Waals surface area contributed by atoms with Crippen molar-refractivity contribution in [3.63, 3.8) is 0 Å². The highest BCUT2D eigenvalue weighted by atomic mass is 31.2. The first-order chi connectivity index (χ1) is 14.9. The van der Waals surface area contributed by atoms with Crippen molar-refractivity contribution in [2.75, 3.05) is 30.9 Å². The van der Waals surface area contributed by atoms with Gasteiger partial charge in [0.05, 0.1) is 6.61 Å². The lowest BCUT2D eigenvalue weighted by Gasteiger charge is -2.30. The summed E-state index contributed by atoms with van der Waals surface area (Å²) in [6.07, 6.45) is 1.85. The van der Waals surface area contributed by atoms with E-state index < -0.39 is 13.2 Å². The first kappa shape index (κ1) is 23.1. The summed E-state index contributed by atoms with van der Waals surface area (Å²) in [6, 6.07) is 26.0. The second kappa shape index (κ2) is 10.7. The van der Waals surface area contributed by atoms with Gasteiger partial charge in [-0.3, -0.25) is 4.57 Å². The normalized spacial score (nSPS) is 13.9. The van der Waals surface area contributed by atoms with E-state index >= 15 is 0 Å². The topological polar surface area (TPSA) is 41.6 Å². The van der Waals surface area contributed by atoms with Gasteiger partial charge in [0.15, 0.2) is 0 Å². The predicted molar refractivity (Wildman–Crippen MR) is 133 cm³/mol. The average molecular weight is 437 g/mol. The molecule has 31 heavy (non-hydrogen) atoms. The van der Waals surface area contributed by atoms with Gasteiger partial charge in [-0.05, 0) is 55.3 Å². The Hall–Kier alpha value is -2.55. The molecule has 164 valence electrons. The smallest absolute Gasteiger partial charge is 0.258 e. The molecule has 0 spiro atoms. The summed E-state index contributed by atoms with van der Waals surface area (Å²) < 4.78 is 20.9. The third kappa shape index (κ3) is 5.78. The van der Waals surface area contributed by atoms with Crippen LogP contribution in [0.4, 0.5) is 11.4 Å². The fraction of sp³-hybridized carbons (Fsp3) is 0.308. The van der Waals surface area contributed by atoms with Crippen LogP contribution in [0.5, 0.6) is 0 Å². The van der Waals surface area contributed by atoms with Gasteiger partial charge in [-0.2, -0.15) is 0 Å². The first-order valence-electron chi connectivity index (χ1n) is 10.8. The van der Waals surface area contributed by atoms with Crippen LogP contribution >= 0.6 is 7.37 Å². The lowest BCUT2D eigenvalue weighted by Crippen LogP contribution is -2.21. The zero-order valence-corrected chi connectivity index (χ0v) is 19.8. The molecule has 0 fully saturated rings. The Labute approximate surface area is 186 Å². The summed E-state index contributed by atoms with van der Waals surface area (Å²) in [5.41, 5.74) is 4.09. The maximum absolute atomic E-state index is 14.7. The van der Waals surface area contributed by atoms with Gasteiger partial charge in [0, 0.05) is 30.8 Å². The van der Waals surface area contributed by atoms with E-state index in [0.29, 0.717) is 6.61 Å². The summed E-state index contributed by atoms with van der Waals surface area (Å²) >= 11 is 0. The zero-order valence-electron chi connectivity index (χ0n) is 18.9. The van der Waals surface area contributed by atoms with Crippen LogP contribution in [0.15, 0.2) is 78.9 Å². The van der Waals surface area contributed by atoms with Crippen LogP contribution in [0.3, 0.4) is 0 Å². The summed E-state index contributed by atoms with van der Waals surface area (Å²) in [4.78, 5) is 2.03. The molecular formula is C26H33N2O2P. The Bertz CT molecular complexity index is 986. The molecule has 2 unspecified atom stereocenters. The van der Waals surface area contributed by atoms with E-state index in [1.54, 1.807) is 0 Å². The van der Waals surface area contributed by atoms with Crippen molar-refractivity contribution < 1.29 is 9.09 Å². The molecule has 2 atom stereocenters. The molecule has 0 heterocycles. The fourth-order valence-corrected chi connectivity index (χ4v) is 5.85. The number of hydrogen-bond acceptors (Lipinski definition) is 4. The number of unbranched alkanes of at least 4 members (excludes halogenated alkanes) is 1. The third-order valence-corrected chi connectivity index (χ3v) is 8.01. The van der Waals surface area contributed by atoms with Gasteiger partial charge in [0.25, 0.3) is 7.37 Å². The Morgan fingerprint density at radius 1 is 0.935 bits per heavy atom. The molecule has 0 radical (unpaired) electrons. The molecule has 5 heteroatoms. The van der Waals surface area contributed by atoms with Crippen molar-refractivity contribution in [3.8, 4) is 0 Å². The van der Waals surface area contributed by atoms with Crippen LogP contribution in [0.1, 0.15) is 36.7 Å². The van der Waals surface area contributed by atoms with Crippen LogP contribution in [-0.2, 0) is 9.09 Å². The van der Waals surface area contributed by atoms with Crippen molar-refractivity contribution in [2.45, 2.75) is 32.5 Å². The molecule has 3 rings (SSSR count). The van der Waals surface area contributed by atoms with Crippen LogP contribution in [0.2, 0.25) is 0 Å². The maximum Gasteiger partial charge on any atom is 0.258 e.